The molecule has 1 aromatic rings. The molecule has 0 aromatic heterocycles. The summed E-state index contributed by atoms with van der Waals surface area (Å²) >= 11 is 0. The van der Waals surface area contributed by atoms with E-state index in [4.69, 9.17) is 20.3 Å². The molecule has 1 atom stereocenters. The lowest BCUT2D eigenvalue weighted by molar-refractivity contribution is 0.223. The van der Waals surface area contributed by atoms with Crippen LogP contribution in [0.15, 0.2) is 24.3 Å². The molecule has 1 aromatic carbocycles. The Morgan fingerprint density at radius 2 is 1.76 bits per heavy atom. The first-order valence-corrected chi connectivity index (χ1v) is 5.99. The molecule has 0 heterocycles. The van der Waals surface area contributed by atoms with Crippen molar-refractivity contribution < 1.29 is 14.6 Å². The fraction of sp³-hybridized carbons (Fsp3) is 0.538. The first-order chi connectivity index (χ1) is 8.27. The van der Waals surface area contributed by atoms with Gasteiger partial charge in [0.15, 0.2) is 11.5 Å². The number of nitrogens with two attached hydrogens (primary N) is 1. The number of benzene rings is 1. The van der Waals surface area contributed by atoms with Crippen LogP contribution >= 0.6 is 0 Å². The Morgan fingerprint density at radius 3 is 2.29 bits per heavy atom. The Morgan fingerprint density at radius 1 is 1.18 bits per heavy atom. The molecule has 1 rings (SSSR count). The van der Waals surface area contributed by atoms with Gasteiger partial charge in [-0.3, -0.25) is 0 Å². The van der Waals surface area contributed by atoms with Crippen LogP contribution in [0.1, 0.15) is 19.8 Å². The van der Waals surface area contributed by atoms with E-state index in [1.165, 1.54) is 0 Å². The summed E-state index contributed by atoms with van der Waals surface area (Å²) in [7, 11) is 0. The van der Waals surface area contributed by atoms with Crippen LogP contribution in [0.2, 0.25) is 0 Å². The van der Waals surface area contributed by atoms with Crippen LogP contribution in [0.4, 0.5) is 0 Å². The van der Waals surface area contributed by atoms with Gasteiger partial charge in [-0.2, -0.15) is 0 Å². The smallest absolute Gasteiger partial charge is 0.161 e. The van der Waals surface area contributed by atoms with Gasteiger partial charge in [0.1, 0.15) is 0 Å². The zero-order valence-electron chi connectivity index (χ0n) is 10.3. The molecule has 0 aliphatic rings. The maximum Gasteiger partial charge on any atom is 0.161 e. The van der Waals surface area contributed by atoms with Gasteiger partial charge < -0.3 is 20.3 Å². The normalized spacial score (nSPS) is 12.2. The van der Waals surface area contributed by atoms with Crippen LogP contribution in [0.3, 0.4) is 0 Å². The largest absolute Gasteiger partial charge is 0.490 e. The third kappa shape index (κ3) is 5.06. The summed E-state index contributed by atoms with van der Waals surface area (Å²) in [5.41, 5.74) is 5.59. The number of aliphatic hydroxyl groups excluding tert-OH is 1. The van der Waals surface area contributed by atoms with Gasteiger partial charge >= 0.3 is 0 Å². The van der Waals surface area contributed by atoms with Crippen molar-refractivity contribution in [2.75, 3.05) is 19.8 Å². The SMILES string of the molecule is CCCOc1ccccc1OCCC(N)CO. The molecule has 3 N–H and O–H groups in total. The average molecular weight is 239 g/mol. The van der Waals surface area contributed by atoms with Crippen molar-refractivity contribution >= 4 is 0 Å². The van der Waals surface area contributed by atoms with Gasteiger partial charge in [0.05, 0.1) is 19.8 Å². The molecular weight excluding hydrogens is 218 g/mol. The lowest BCUT2D eigenvalue weighted by Crippen LogP contribution is -2.26. The summed E-state index contributed by atoms with van der Waals surface area (Å²) in [6, 6.07) is 7.35. The summed E-state index contributed by atoms with van der Waals surface area (Å²) in [6.45, 7) is 3.20. The Kier molecular flexibility index (Phi) is 6.43. The second-order valence-corrected chi connectivity index (χ2v) is 3.87. The topological polar surface area (TPSA) is 64.7 Å². The lowest BCUT2D eigenvalue weighted by atomic mass is 10.2. The van der Waals surface area contributed by atoms with Crippen molar-refractivity contribution in [3.05, 3.63) is 24.3 Å². The Bertz CT molecular complexity index is 317. The molecule has 4 nitrogen and oxygen atoms in total. The van der Waals surface area contributed by atoms with Crippen LogP contribution in [-0.4, -0.2) is 31.0 Å². The van der Waals surface area contributed by atoms with Crippen molar-refractivity contribution in [1.29, 1.82) is 0 Å². The van der Waals surface area contributed by atoms with E-state index < -0.39 is 0 Å². The standard InChI is InChI=1S/C13H21NO3/c1-2-8-16-12-5-3-4-6-13(12)17-9-7-11(14)10-15/h3-6,11,15H,2,7-10,14H2,1H3. The van der Waals surface area contributed by atoms with Crippen molar-refractivity contribution in [3.63, 3.8) is 0 Å². The Labute approximate surface area is 102 Å². The molecule has 0 bridgehead atoms. The minimum Gasteiger partial charge on any atom is -0.490 e. The second kappa shape index (κ2) is 7.92. The van der Waals surface area contributed by atoms with Crippen LogP contribution < -0.4 is 15.2 Å². The highest BCUT2D eigenvalue weighted by Crippen LogP contribution is 2.26. The molecule has 17 heavy (non-hydrogen) atoms. The first-order valence-electron chi connectivity index (χ1n) is 5.99. The number of para-hydroxylation sites is 2. The van der Waals surface area contributed by atoms with E-state index >= 15 is 0 Å². The number of hydrogen-bond donors (Lipinski definition) is 2. The lowest BCUT2D eigenvalue weighted by Gasteiger charge is -2.13. The summed E-state index contributed by atoms with van der Waals surface area (Å²) in [6.07, 6.45) is 1.59. The minimum atomic E-state index is -0.223. The van der Waals surface area contributed by atoms with E-state index in [-0.39, 0.29) is 12.6 Å². The van der Waals surface area contributed by atoms with Crippen LogP contribution in [0.25, 0.3) is 0 Å². The summed E-state index contributed by atoms with van der Waals surface area (Å²) < 4.78 is 11.2. The van der Waals surface area contributed by atoms with Crippen LogP contribution in [-0.2, 0) is 0 Å². The van der Waals surface area contributed by atoms with Gasteiger partial charge in [-0.05, 0) is 25.0 Å². The fourth-order valence-corrected chi connectivity index (χ4v) is 1.31. The van der Waals surface area contributed by atoms with Gasteiger partial charge in [0, 0.05) is 6.04 Å². The van der Waals surface area contributed by atoms with E-state index in [1.54, 1.807) is 0 Å². The number of aliphatic hydroxyl groups is 1. The molecule has 0 fully saturated rings. The zero-order valence-corrected chi connectivity index (χ0v) is 10.3. The van der Waals surface area contributed by atoms with Gasteiger partial charge in [-0.15, -0.1) is 0 Å². The number of rotatable bonds is 8. The van der Waals surface area contributed by atoms with E-state index in [2.05, 4.69) is 6.92 Å². The molecule has 0 amide bonds. The van der Waals surface area contributed by atoms with E-state index in [0.717, 1.165) is 17.9 Å². The van der Waals surface area contributed by atoms with Crippen molar-refractivity contribution in [2.45, 2.75) is 25.8 Å². The van der Waals surface area contributed by atoms with Gasteiger partial charge in [0.2, 0.25) is 0 Å². The van der Waals surface area contributed by atoms with Gasteiger partial charge in [0.25, 0.3) is 0 Å². The molecule has 0 radical (unpaired) electrons. The van der Waals surface area contributed by atoms with E-state index in [1.807, 2.05) is 24.3 Å². The third-order valence-corrected chi connectivity index (χ3v) is 2.29. The molecule has 0 saturated heterocycles. The Hall–Kier alpha value is -1.26. The highest BCUT2D eigenvalue weighted by Gasteiger charge is 2.05. The predicted molar refractivity (Wildman–Crippen MR) is 67.4 cm³/mol. The number of ether oxygens (including phenoxy) is 2. The summed E-state index contributed by atoms with van der Waals surface area (Å²) in [5, 5.41) is 8.80. The first kappa shape index (κ1) is 13.8. The molecule has 1 unspecified atom stereocenters. The molecule has 0 aliphatic carbocycles. The van der Waals surface area contributed by atoms with Crippen molar-refractivity contribution in [3.8, 4) is 11.5 Å². The maximum absolute atomic E-state index is 8.80. The highest BCUT2D eigenvalue weighted by molar-refractivity contribution is 5.39. The minimum absolute atomic E-state index is 0.0165. The van der Waals surface area contributed by atoms with E-state index in [9.17, 15) is 0 Å². The van der Waals surface area contributed by atoms with Crippen LogP contribution in [0.5, 0.6) is 11.5 Å². The van der Waals surface area contributed by atoms with E-state index in [0.29, 0.717) is 19.6 Å². The van der Waals surface area contributed by atoms with Crippen molar-refractivity contribution in [2.24, 2.45) is 5.73 Å². The number of hydrogen-bond acceptors (Lipinski definition) is 4. The molecule has 0 spiro atoms. The van der Waals surface area contributed by atoms with Gasteiger partial charge in [-0.1, -0.05) is 19.1 Å². The van der Waals surface area contributed by atoms with Gasteiger partial charge in [-0.25, -0.2) is 0 Å². The monoisotopic (exact) mass is 239 g/mol. The zero-order chi connectivity index (χ0) is 12.5. The Balaban J connectivity index is 2.45. The predicted octanol–water partition coefficient (Wildman–Crippen LogP) is 1.56. The third-order valence-electron chi connectivity index (χ3n) is 2.29. The molecule has 0 saturated carbocycles. The molecule has 4 heteroatoms. The summed E-state index contributed by atoms with van der Waals surface area (Å²) in [4.78, 5) is 0. The average Bonchev–Trinajstić information content (AvgIpc) is 2.37. The van der Waals surface area contributed by atoms with Crippen molar-refractivity contribution in [1.82, 2.24) is 0 Å². The molecule has 96 valence electrons. The summed E-state index contributed by atoms with van der Waals surface area (Å²) in [5.74, 6) is 1.48. The highest BCUT2D eigenvalue weighted by atomic mass is 16.5. The maximum atomic E-state index is 8.80. The molecule has 0 aliphatic heterocycles. The van der Waals surface area contributed by atoms with Crippen LogP contribution in [0, 0.1) is 0 Å². The fourth-order valence-electron chi connectivity index (χ4n) is 1.31. The second-order valence-electron chi connectivity index (χ2n) is 3.87. The molecular formula is C13H21NO3. The quantitative estimate of drug-likeness (QED) is 0.722.